The molecule has 1 heterocycles. The lowest BCUT2D eigenvalue weighted by atomic mass is 10.3. The smallest absolute Gasteiger partial charge is 0.332 e. The van der Waals surface area contributed by atoms with Crippen LogP contribution in [0.1, 0.15) is 5.69 Å². The van der Waals surface area contributed by atoms with Gasteiger partial charge >= 0.3 is 5.69 Å². The molecule has 0 unspecified atom stereocenters. The maximum atomic E-state index is 11.1. The summed E-state index contributed by atoms with van der Waals surface area (Å²) in [6.07, 6.45) is 0. The number of anilines is 2. The maximum Gasteiger partial charge on any atom is 0.332 e. The van der Waals surface area contributed by atoms with Crippen LogP contribution < -0.4 is 5.32 Å². The standard InChI is InChI=1S/C11H8ClIN4O2/c1-6-9(17(18)19)10(16-11(12)14-6)15-8-5-3-2-4-7(8)13/h2-5H,1H3,(H,14,15,16). The second-order valence-electron chi connectivity index (χ2n) is 3.64. The van der Waals surface area contributed by atoms with E-state index in [0.717, 1.165) is 9.26 Å². The predicted molar refractivity (Wildman–Crippen MR) is 80.9 cm³/mol. The third-order valence-corrected chi connectivity index (χ3v) is 3.45. The third kappa shape index (κ3) is 3.10. The number of aromatic nitrogens is 2. The molecule has 98 valence electrons. The van der Waals surface area contributed by atoms with Gasteiger partial charge in [-0.3, -0.25) is 10.1 Å². The Morgan fingerprint density at radius 2 is 2.05 bits per heavy atom. The summed E-state index contributed by atoms with van der Waals surface area (Å²) in [5.74, 6) is 0.0895. The Morgan fingerprint density at radius 3 is 2.68 bits per heavy atom. The number of halogens is 2. The topological polar surface area (TPSA) is 81.0 Å². The minimum absolute atomic E-state index is 0.0310. The summed E-state index contributed by atoms with van der Waals surface area (Å²) in [6.45, 7) is 1.52. The fraction of sp³-hybridized carbons (Fsp3) is 0.0909. The number of benzene rings is 1. The van der Waals surface area contributed by atoms with Gasteiger partial charge < -0.3 is 5.32 Å². The molecule has 0 fully saturated rings. The zero-order valence-corrected chi connectivity index (χ0v) is 12.6. The minimum atomic E-state index is -0.524. The summed E-state index contributed by atoms with van der Waals surface area (Å²) in [4.78, 5) is 18.2. The Kier molecular flexibility index (Phi) is 4.15. The van der Waals surface area contributed by atoms with Crippen LogP contribution in [0.3, 0.4) is 0 Å². The Bertz CT molecular complexity index is 651. The number of nitrogens with zero attached hydrogens (tertiary/aromatic N) is 3. The Hall–Kier alpha value is -1.48. The van der Waals surface area contributed by atoms with Crippen molar-refractivity contribution in [2.45, 2.75) is 6.92 Å². The predicted octanol–water partition coefficient (Wildman–Crippen LogP) is 3.69. The molecule has 1 N–H and O–H groups in total. The van der Waals surface area contributed by atoms with E-state index in [1.807, 2.05) is 18.2 Å². The van der Waals surface area contributed by atoms with Crippen molar-refractivity contribution in [2.24, 2.45) is 0 Å². The fourth-order valence-corrected chi connectivity index (χ4v) is 2.26. The highest BCUT2D eigenvalue weighted by molar-refractivity contribution is 14.1. The van der Waals surface area contributed by atoms with E-state index < -0.39 is 4.92 Å². The average molecular weight is 391 g/mol. The maximum absolute atomic E-state index is 11.1. The molecular formula is C11H8ClIN4O2. The van der Waals surface area contributed by atoms with E-state index in [1.54, 1.807) is 6.07 Å². The second kappa shape index (κ2) is 5.66. The first kappa shape index (κ1) is 13.9. The lowest BCUT2D eigenvalue weighted by molar-refractivity contribution is -0.385. The summed E-state index contributed by atoms with van der Waals surface area (Å²) in [5.41, 5.74) is 0.767. The molecule has 19 heavy (non-hydrogen) atoms. The van der Waals surface area contributed by atoms with Crippen molar-refractivity contribution >= 4 is 51.4 Å². The van der Waals surface area contributed by atoms with Gasteiger partial charge in [0.15, 0.2) is 0 Å². The second-order valence-corrected chi connectivity index (χ2v) is 5.14. The van der Waals surface area contributed by atoms with Gasteiger partial charge in [-0.15, -0.1) is 0 Å². The van der Waals surface area contributed by atoms with Crippen molar-refractivity contribution in [1.82, 2.24) is 9.97 Å². The first-order chi connectivity index (χ1) is 8.99. The van der Waals surface area contributed by atoms with Crippen molar-refractivity contribution in [3.05, 3.63) is 48.9 Å². The van der Waals surface area contributed by atoms with Gasteiger partial charge in [0.1, 0.15) is 5.69 Å². The van der Waals surface area contributed by atoms with Gasteiger partial charge in [0.2, 0.25) is 11.1 Å². The average Bonchev–Trinajstić information content (AvgIpc) is 2.30. The van der Waals surface area contributed by atoms with Crippen LogP contribution >= 0.6 is 34.2 Å². The normalized spacial score (nSPS) is 10.3. The number of para-hydroxylation sites is 1. The molecule has 0 aliphatic rings. The van der Waals surface area contributed by atoms with E-state index in [2.05, 4.69) is 37.9 Å². The highest BCUT2D eigenvalue weighted by atomic mass is 127. The highest BCUT2D eigenvalue weighted by Gasteiger charge is 2.22. The van der Waals surface area contributed by atoms with Crippen LogP contribution in [0.4, 0.5) is 17.2 Å². The molecule has 6 nitrogen and oxygen atoms in total. The highest BCUT2D eigenvalue weighted by Crippen LogP contribution is 2.30. The van der Waals surface area contributed by atoms with Crippen LogP contribution in [0.2, 0.25) is 5.28 Å². The summed E-state index contributed by atoms with van der Waals surface area (Å²) < 4.78 is 0.918. The van der Waals surface area contributed by atoms with Crippen molar-refractivity contribution < 1.29 is 4.92 Å². The number of aryl methyl sites for hydroxylation is 1. The molecular weight excluding hydrogens is 383 g/mol. The first-order valence-electron chi connectivity index (χ1n) is 5.19. The molecule has 0 aliphatic heterocycles. The van der Waals surface area contributed by atoms with Crippen LogP contribution in [0.5, 0.6) is 0 Å². The van der Waals surface area contributed by atoms with Crippen molar-refractivity contribution in [2.75, 3.05) is 5.32 Å². The Balaban J connectivity index is 2.51. The number of hydrogen-bond acceptors (Lipinski definition) is 5. The Morgan fingerprint density at radius 1 is 1.37 bits per heavy atom. The van der Waals surface area contributed by atoms with E-state index in [4.69, 9.17) is 11.6 Å². The van der Waals surface area contributed by atoms with Gasteiger partial charge in [0.05, 0.1) is 10.6 Å². The fourth-order valence-electron chi connectivity index (χ4n) is 1.53. The molecule has 0 saturated heterocycles. The molecule has 0 radical (unpaired) electrons. The van der Waals surface area contributed by atoms with Gasteiger partial charge in [-0.25, -0.2) is 4.98 Å². The summed E-state index contributed by atoms with van der Waals surface area (Å²) in [6, 6.07) is 7.38. The van der Waals surface area contributed by atoms with E-state index >= 15 is 0 Å². The molecule has 0 spiro atoms. The molecule has 2 rings (SSSR count). The zero-order valence-electron chi connectivity index (χ0n) is 9.72. The SMILES string of the molecule is Cc1nc(Cl)nc(Nc2ccccc2I)c1[N+](=O)[O-]. The van der Waals surface area contributed by atoms with E-state index in [9.17, 15) is 10.1 Å². The molecule has 0 aliphatic carbocycles. The third-order valence-electron chi connectivity index (χ3n) is 2.34. The van der Waals surface area contributed by atoms with E-state index in [1.165, 1.54) is 6.92 Å². The van der Waals surface area contributed by atoms with Crippen LogP contribution in [0.15, 0.2) is 24.3 Å². The van der Waals surface area contributed by atoms with Gasteiger partial charge in [0, 0.05) is 3.57 Å². The van der Waals surface area contributed by atoms with E-state index in [0.29, 0.717) is 0 Å². The quantitative estimate of drug-likeness (QED) is 0.374. The van der Waals surface area contributed by atoms with Gasteiger partial charge in [-0.1, -0.05) is 12.1 Å². The number of nitro groups is 1. The number of nitrogens with one attached hydrogen (secondary N) is 1. The van der Waals surface area contributed by atoms with E-state index in [-0.39, 0.29) is 22.5 Å². The minimum Gasteiger partial charge on any atom is -0.333 e. The van der Waals surface area contributed by atoms with Crippen LogP contribution in [-0.2, 0) is 0 Å². The number of hydrogen-bond donors (Lipinski definition) is 1. The molecule has 0 saturated carbocycles. The van der Waals surface area contributed by atoms with Gasteiger partial charge in [0.25, 0.3) is 0 Å². The van der Waals surface area contributed by atoms with Crippen LogP contribution in [-0.4, -0.2) is 14.9 Å². The van der Waals surface area contributed by atoms with Crippen LogP contribution in [0, 0.1) is 20.6 Å². The Labute approximate surface area is 127 Å². The molecule has 1 aromatic carbocycles. The summed E-state index contributed by atoms with van der Waals surface area (Å²) in [7, 11) is 0. The lowest BCUT2D eigenvalue weighted by Gasteiger charge is -2.09. The van der Waals surface area contributed by atoms with Crippen LogP contribution in [0.25, 0.3) is 0 Å². The number of rotatable bonds is 3. The summed E-state index contributed by atoms with van der Waals surface area (Å²) >= 11 is 7.87. The monoisotopic (exact) mass is 390 g/mol. The molecule has 8 heteroatoms. The van der Waals surface area contributed by atoms with Gasteiger partial charge in [-0.05, 0) is 53.2 Å². The first-order valence-corrected chi connectivity index (χ1v) is 6.65. The summed E-state index contributed by atoms with van der Waals surface area (Å²) in [5, 5.41) is 14.0. The molecule has 0 atom stereocenters. The van der Waals surface area contributed by atoms with Crippen molar-refractivity contribution in [3.63, 3.8) is 0 Å². The lowest BCUT2D eigenvalue weighted by Crippen LogP contribution is -2.04. The molecule has 0 amide bonds. The van der Waals surface area contributed by atoms with Crippen molar-refractivity contribution in [1.29, 1.82) is 0 Å². The zero-order chi connectivity index (χ0) is 14.0. The largest absolute Gasteiger partial charge is 0.333 e. The molecule has 0 bridgehead atoms. The van der Waals surface area contributed by atoms with Crippen molar-refractivity contribution in [3.8, 4) is 0 Å². The molecule has 2 aromatic rings. The van der Waals surface area contributed by atoms with Gasteiger partial charge in [-0.2, -0.15) is 4.98 Å². The molecule has 1 aromatic heterocycles.